The Balaban J connectivity index is 1.96. The molecule has 2 amide bonds. The zero-order chi connectivity index (χ0) is 20.8. The molecule has 2 aromatic carbocycles. The normalized spacial score (nSPS) is 11.2. The maximum atomic E-state index is 11.9. The maximum Gasteiger partial charge on any atom is 0.331 e. The van der Waals surface area contributed by atoms with Crippen LogP contribution < -0.4 is 10.9 Å². The number of carbonyl (C=O) groups excluding carboxylic acids is 2. The Morgan fingerprint density at radius 2 is 0.929 bits per heavy atom. The van der Waals surface area contributed by atoms with E-state index in [2.05, 4.69) is 21.1 Å². The minimum absolute atomic E-state index is 0.881. The van der Waals surface area contributed by atoms with Crippen molar-refractivity contribution in [2.75, 3.05) is 0 Å². The van der Waals surface area contributed by atoms with Gasteiger partial charge in [-0.3, -0.25) is 9.59 Å². The molecule has 0 fully saturated rings. The van der Waals surface area contributed by atoms with Crippen LogP contribution in [0.15, 0.2) is 34.5 Å². The van der Waals surface area contributed by atoms with Crippen molar-refractivity contribution in [3.05, 3.63) is 68.8 Å². The zero-order valence-electron chi connectivity index (χ0n) is 17.2. The van der Waals surface area contributed by atoms with Gasteiger partial charge in [-0.25, -0.2) is 10.9 Å². The maximum absolute atomic E-state index is 11.9. The Hall–Kier alpha value is -3.28. The highest BCUT2D eigenvalue weighted by Gasteiger charge is 2.11. The van der Waals surface area contributed by atoms with E-state index in [-0.39, 0.29) is 0 Å². The smallest absolute Gasteiger partial charge is 0.262 e. The average Bonchev–Trinajstić information content (AvgIpc) is 2.58. The van der Waals surface area contributed by atoms with Crippen LogP contribution >= 0.6 is 0 Å². The molecule has 0 bridgehead atoms. The van der Waals surface area contributed by atoms with Gasteiger partial charge >= 0.3 is 11.8 Å². The van der Waals surface area contributed by atoms with Crippen molar-refractivity contribution < 1.29 is 9.59 Å². The fourth-order valence-corrected chi connectivity index (χ4v) is 3.20. The summed E-state index contributed by atoms with van der Waals surface area (Å²) in [7, 11) is 0. The SMILES string of the molecule is Cc1cc(C)c(C=NNC(=O)C(=O)NN=Cc2c(C)cc(C)cc2C)c(C)c1. The van der Waals surface area contributed by atoms with Crippen LogP contribution in [0.2, 0.25) is 0 Å². The minimum Gasteiger partial charge on any atom is -0.262 e. The van der Waals surface area contributed by atoms with Gasteiger partial charge in [0.1, 0.15) is 0 Å². The number of benzene rings is 2. The summed E-state index contributed by atoms with van der Waals surface area (Å²) in [4.78, 5) is 23.7. The number of hydrazone groups is 2. The first-order chi connectivity index (χ1) is 13.2. The van der Waals surface area contributed by atoms with Crippen molar-refractivity contribution in [3.8, 4) is 0 Å². The van der Waals surface area contributed by atoms with E-state index in [1.165, 1.54) is 12.4 Å². The molecule has 0 aromatic heterocycles. The highest BCUT2D eigenvalue weighted by atomic mass is 16.2. The van der Waals surface area contributed by atoms with Crippen LogP contribution in [0, 0.1) is 41.5 Å². The quantitative estimate of drug-likeness (QED) is 0.487. The first kappa shape index (κ1) is 21.0. The van der Waals surface area contributed by atoms with Crippen LogP contribution in [0.1, 0.15) is 44.5 Å². The molecular weight excluding hydrogens is 352 g/mol. The second-order valence-corrected chi connectivity index (χ2v) is 7.02. The number of nitrogens with zero attached hydrogens (tertiary/aromatic N) is 2. The Kier molecular flexibility index (Phi) is 6.82. The van der Waals surface area contributed by atoms with Gasteiger partial charge in [-0.15, -0.1) is 0 Å². The Morgan fingerprint density at radius 3 is 1.21 bits per heavy atom. The molecule has 0 aliphatic heterocycles. The number of hydrogen-bond acceptors (Lipinski definition) is 4. The third-order valence-electron chi connectivity index (χ3n) is 4.40. The van der Waals surface area contributed by atoms with Crippen molar-refractivity contribution in [2.45, 2.75) is 41.5 Å². The molecule has 2 aromatic rings. The van der Waals surface area contributed by atoms with Crippen LogP contribution in [0.3, 0.4) is 0 Å². The van der Waals surface area contributed by atoms with Gasteiger partial charge in [0.25, 0.3) is 0 Å². The minimum atomic E-state index is -0.881. The Morgan fingerprint density at radius 1 is 0.643 bits per heavy atom. The van der Waals surface area contributed by atoms with Gasteiger partial charge < -0.3 is 0 Å². The standard InChI is InChI=1S/C22H26N4O2/c1-13-7-15(3)19(16(4)8-13)11-23-25-21(27)22(28)26-24-12-20-17(5)9-14(2)10-18(20)6/h7-12H,1-6H3,(H,25,27)(H,26,28). The van der Waals surface area contributed by atoms with Crippen molar-refractivity contribution in [2.24, 2.45) is 10.2 Å². The molecule has 0 atom stereocenters. The fourth-order valence-electron chi connectivity index (χ4n) is 3.20. The summed E-state index contributed by atoms with van der Waals surface area (Å²) in [6.07, 6.45) is 3.08. The lowest BCUT2D eigenvalue weighted by Crippen LogP contribution is -2.35. The molecule has 2 N–H and O–H groups in total. The highest BCUT2D eigenvalue weighted by molar-refractivity contribution is 6.35. The third kappa shape index (κ3) is 5.36. The number of amides is 2. The van der Waals surface area contributed by atoms with Gasteiger partial charge in [-0.2, -0.15) is 10.2 Å². The summed E-state index contributed by atoms with van der Waals surface area (Å²) in [5, 5.41) is 7.76. The van der Waals surface area contributed by atoms with Crippen LogP contribution in [0.4, 0.5) is 0 Å². The van der Waals surface area contributed by atoms with Crippen molar-refractivity contribution in [1.29, 1.82) is 0 Å². The summed E-state index contributed by atoms with van der Waals surface area (Å²) in [5.41, 5.74) is 12.8. The monoisotopic (exact) mass is 378 g/mol. The molecular formula is C22H26N4O2. The van der Waals surface area contributed by atoms with Gasteiger partial charge in [0.2, 0.25) is 0 Å². The van der Waals surface area contributed by atoms with Crippen LogP contribution in [-0.2, 0) is 9.59 Å². The number of hydrogen-bond donors (Lipinski definition) is 2. The Labute approximate surface area is 165 Å². The lowest BCUT2D eigenvalue weighted by Gasteiger charge is -2.07. The molecule has 0 aliphatic rings. The number of rotatable bonds is 4. The topological polar surface area (TPSA) is 82.9 Å². The lowest BCUT2D eigenvalue weighted by atomic mass is 10.0. The summed E-state index contributed by atoms with van der Waals surface area (Å²) in [5.74, 6) is -1.76. The van der Waals surface area contributed by atoms with E-state index in [0.29, 0.717) is 0 Å². The van der Waals surface area contributed by atoms with Crippen molar-refractivity contribution in [3.63, 3.8) is 0 Å². The van der Waals surface area contributed by atoms with Crippen LogP contribution in [0.5, 0.6) is 0 Å². The molecule has 0 radical (unpaired) electrons. The number of nitrogens with one attached hydrogen (secondary N) is 2. The predicted octanol–water partition coefficient (Wildman–Crippen LogP) is 3.14. The predicted molar refractivity (Wildman–Crippen MR) is 113 cm³/mol. The third-order valence-corrected chi connectivity index (χ3v) is 4.40. The molecule has 0 aliphatic carbocycles. The molecule has 146 valence electrons. The summed E-state index contributed by atoms with van der Waals surface area (Å²) < 4.78 is 0. The van der Waals surface area contributed by atoms with E-state index in [1.54, 1.807) is 0 Å². The zero-order valence-corrected chi connectivity index (χ0v) is 17.2. The van der Waals surface area contributed by atoms with Gasteiger partial charge in [0.05, 0.1) is 12.4 Å². The molecule has 6 nitrogen and oxygen atoms in total. The average molecular weight is 378 g/mol. The van der Waals surface area contributed by atoms with Crippen molar-refractivity contribution >= 4 is 24.2 Å². The molecule has 0 unspecified atom stereocenters. The molecule has 0 saturated heterocycles. The van der Waals surface area contributed by atoms with E-state index < -0.39 is 11.8 Å². The Bertz CT molecular complexity index is 849. The van der Waals surface area contributed by atoms with Gasteiger partial charge in [-0.05, 0) is 63.8 Å². The molecule has 0 spiro atoms. The van der Waals surface area contributed by atoms with E-state index in [9.17, 15) is 9.59 Å². The summed E-state index contributed by atoms with van der Waals surface area (Å²) in [6, 6.07) is 8.14. The van der Waals surface area contributed by atoms with E-state index in [1.807, 2.05) is 65.8 Å². The number of aryl methyl sites for hydroxylation is 6. The van der Waals surface area contributed by atoms with Crippen LogP contribution in [0.25, 0.3) is 0 Å². The second-order valence-electron chi connectivity index (χ2n) is 7.02. The molecule has 6 heteroatoms. The van der Waals surface area contributed by atoms with E-state index >= 15 is 0 Å². The lowest BCUT2D eigenvalue weighted by molar-refractivity contribution is -0.139. The largest absolute Gasteiger partial charge is 0.331 e. The summed E-state index contributed by atoms with van der Waals surface area (Å²) in [6.45, 7) is 11.9. The molecule has 0 heterocycles. The highest BCUT2D eigenvalue weighted by Crippen LogP contribution is 2.14. The van der Waals surface area contributed by atoms with Gasteiger partial charge in [-0.1, -0.05) is 35.4 Å². The first-order valence-corrected chi connectivity index (χ1v) is 9.01. The number of carbonyl (C=O) groups is 2. The van der Waals surface area contributed by atoms with Crippen LogP contribution in [-0.4, -0.2) is 24.2 Å². The van der Waals surface area contributed by atoms with E-state index in [4.69, 9.17) is 0 Å². The van der Waals surface area contributed by atoms with Gasteiger partial charge in [0.15, 0.2) is 0 Å². The molecule has 0 saturated carbocycles. The summed E-state index contributed by atoms with van der Waals surface area (Å²) >= 11 is 0. The van der Waals surface area contributed by atoms with Gasteiger partial charge in [0, 0.05) is 11.1 Å². The van der Waals surface area contributed by atoms with Crippen molar-refractivity contribution in [1.82, 2.24) is 10.9 Å². The fraction of sp³-hybridized carbons (Fsp3) is 0.273. The van der Waals surface area contributed by atoms with E-state index in [0.717, 1.165) is 44.5 Å². The molecule has 2 rings (SSSR count). The molecule has 28 heavy (non-hydrogen) atoms. The first-order valence-electron chi connectivity index (χ1n) is 9.01. The second kappa shape index (κ2) is 9.08.